The molecule has 0 aliphatic rings. The molecule has 4 nitrogen and oxygen atoms in total. The Morgan fingerprint density at radius 2 is 2.11 bits per heavy atom. The SMILES string of the molecule is CCN(NCc1cccc(Cl)c1)C(=O)OC(C)(C)C. The van der Waals surface area contributed by atoms with E-state index in [2.05, 4.69) is 5.43 Å². The number of carbonyl (C=O) groups is 1. The van der Waals surface area contributed by atoms with Crippen molar-refractivity contribution in [2.45, 2.75) is 39.8 Å². The maximum atomic E-state index is 11.9. The van der Waals surface area contributed by atoms with Crippen molar-refractivity contribution in [3.8, 4) is 0 Å². The van der Waals surface area contributed by atoms with Gasteiger partial charge < -0.3 is 4.74 Å². The summed E-state index contributed by atoms with van der Waals surface area (Å²) in [6.45, 7) is 8.46. The topological polar surface area (TPSA) is 41.6 Å². The van der Waals surface area contributed by atoms with E-state index in [1.807, 2.05) is 52.0 Å². The van der Waals surface area contributed by atoms with E-state index >= 15 is 0 Å². The summed E-state index contributed by atoms with van der Waals surface area (Å²) in [6, 6.07) is 7.50. The minimum Gasteiger partial charge on any atom is -0.443 e. The third-order valence-electron chi connectivity index (χ3n) is 2.29. The van der Waals surface area contributed by atoms with Crippen LogP contribution in [0.2, 0.25) is 5.02 Å². The van der Waals surface area contributed by atoms with Crippen LogP contribution >= 0.6 is 11.6 Å². The van der Waals surface area contributed by atoms with E-state index < -0.39 is 5.60 Å². The fraction of sp³-hybridized carbons (Fsp3) is 0.500. The Morgan fingerprint density at radius 3 is 2.63 bits per heavy atom. The van der Waals surface area contributed by atoms with Crippen molar-refractivity contribution in [2.24, 2.45) is 0 Å². The summed E-state index contributed by atoms with van der Waals surface area (Å²) in [4.78, 5) is 11.9. The van der Waals surface area contributed by atoms with Crippen LogP contribution in [0.1, 0.15) is 33.3 Å². The Morgan fingerprint density at radius 1 is 1.42 bits per heavy atom. The Kier molecular flexibility index (Phi) is 5.63. The van der Waals surface area contributed by atoms with Crippen LogP contribution in [0, 0.1) is 0 Å². The van der Waals surface area contributed by atoms with Gasteiger partial charge in [0.05, 0.1) is 0 Å². The van der Waals surface area contributed by atoms with Crippen LogP contribution in [0.5, 0.6) is 0 Å². The van der Waals surface area contributed by atoms with Gasteiger partial charge in [0, 0.05) is 18.1 Å². The predicted molar refractivity (Wildman–Crippen MR) is 76.9 cm³/mol. The second-order valence-corrected chi connectivity index (χ2v) is 5.63. The number of ether oxygens (including phenoxy) is 1. The standard InChI is InChI=1S/C14H21ClN2O2/c1-5-17(13(18)19-14(2,3)4)16-10-11-7-6-8-12(15)9-11/h6-9,16H,5,10H2,1-4H3. The first-order valence-electron chi connectivity index (χ1n) is 6.30. The van der Waals surface area contributed by atoms with Crippen molar-refractivity contribution in [1.82, 2.24) is 10.4 Å². The zero-order chi connectivity index (χ0) is 14.5. The molecule has 0 aliphatic heterocycles. The van der Waals surface area contributed by atoms with Crippen LogP contribution in [0.3, 0.4) is 0 Å². The van der Waals surface area contributed by atoms with Crippen molar-refractivity contribution in [3.05, 3.63) is 34.9 Å². The minimum absolute atomic E-state index is 0.378. The Hall–Kier alpha value is -1.26. The molecule has 1 aromatic rings. The molecular formula is C14H21ClN2O2. The third kappa shape index (κ3) is 5.94. The molecule has 0 aromatic heterocycles. The number of rotatable bonds is 4. The molecule has 5 heteroatoms. The summed E-state index contributed by atoms with van der Waals surface area (Å²) >= 11 is 5.91. The van der Waals surface area contributed by atoms with E-state index in [4.69, 9.17) is 16.3 Å². The van der Waals surface area contributed by atoms with E-state index in [9.17, 15) is 4.79 Å². The molecule has 0 spiro atoms. The van der Waals surface area contributed by atoms with Crippen LogP contribution in [-0.4, -0.2) is 23.2 Å². The highest BCUT2D eigenvalue weighted by molar-refractivity contribution is 6.30. The van der Waals surface area contributed by atoms with Gasteiger partial charge in [0.1, 0.15) is 5.60 Å². The number of carbonyl (C=O) groups excluding carboxylic acids is 1. The monoisotopic (exact) mass is 284 g/mol. The van der Waals surface area contributed by atoms with Gasteiger partial charge in [-0.3, -0.25) is 0 Å². The summed E-state index contributed by atoms with van der Waals surface area (Å²) in [7, 11) is 0. The van der Waals surface area contributed by atoms with Gasteiger partial charge in [-0.2, -0.15) is 0 Å². The first-order chi connectivity index (χ1) is 8.81. The van der Waals surface area contributed by atoms with Gasteiger partial charge in [0.2, 0.25) is 0 Å². The number of halogens is 1. The number of hydrogen-bond acceptors (Lipinski definition) is 3. The summed E-state index contributed by atoms with van der Waals surface area (Å²) in [5.74, 6) is 0. The van der Waals surface area contributed by atoms with Crippen LogP contribution < -0.4 is 5.43 Å². The zero-order valence-corrected chi connectivity index (χ0v) is 12.6. The Bertz CT molecular complexity index is 430. The maximum Gasteiger partial charge on any atom is 0.424 e. The number of hydrogen-bond donors (Lipinski definition) is 1. The summed E-state index contributed by atoms with van der Waals surface area (Å²) < 4.78 is 5.30. The predicted octanol–water partition coefficient (Wildman–Crippen LogP) is 3.60. The fourth-order valence-corrected chi connectivity index (χ4v) is 1.67. The zero-order valence-electron chi connectivity index (χ0n) is 11.9. The number of hydrazine groups is 1. The van der Waals surface area contributed by atoms with Crippen molar-refractivity contribution < 1.29 is 9.53 Å². The molecule has 1 aromatic carbocycles. The highest BCUT2D eigenvalue weighted by Crippen LogP contribution is 2.11. The van der Waals surface area contributed by atoms with Crippen LogP contribution in [0.25, 0.3) is 0 Å². The fourth-order valence-electron chi connectivity index (χ4n) is 1.46. The lowest BCUT2D eigenvalue weighted by Crippen LogP contribution is -2.45. The molecule has 0 fully saturated rings. The van der Waals surface area contributed by atoms with Crippen molar-refractivity contribution in [2.75, 3.05) is 6.54 Å². The number of nitrogens with zero attached hydrogens (tertiary/aromatic N) is 1. The highest BCUT2D eigenvalue weighted by atomic mass is 35.5. The van der Waals surface area contributed by atoms with Gasteiger partial charge in [-0.15, -0.1) is 0 Å². The third-order valence-corrected chi connectivity index (χ3v) is 2.53. The van der Waals surface area contributed by atoms with Crippen LogP contribution in [-0.2, 0) is 11.3 Å². The molecule has 0 radical (unpaired) electrons. The molecule has 0 saturated heterocycles. The lowest BCUT2D eigenvalue weighted by Gasteiger charge is -2.26. The van der Waals surface area contributed by atoms with Gasteiger partial charge >= 0.3 is 6.09 Å². The molecule has 0 heterocycles. The molecule has 106 valence electrons. The molecule has 19 heavy (non-hydrogen) atoms. The molecule has 0 saturated carbocycles. The quantitative estimate of drug-likeness (QED) is 0.859. The van der Waals surface area contributed by atoms with E-state index in [1.54, 1.807) is 0 Å². The van der Waals surface area contributed by atoms with E-state index in [0.717, 1.165) is 5.56 Å². The number of nitrogens with one attached hydrogen (secondary N) is 1. The minimum atomic E-state index is -0.498. The van der Waals surface area contributed by atoms with E-state index in [-0.39, 0.29) is 6.09 Å². The molecule has 0 unspecified atom stereocenters. The number of benzene rings is 1. The average Bonchev–Trinajstić information content (AvgIpc) is 2.27. The second kappa shape index (κ2) is 6.78. The molecule has 1 amide bonds. The van der Waals surface area contributed by atoms with E-state index in [1.165, 1.54) is 5.01 Å². The largest absolute Gasteiger partial charge is 0.443 e. The summed E-state index contributed by atoms with van der Waals surface area (Å²) in [5, 5.41) is 2.13. The smallest absolute Gasteiger partial charge is 0.424 e. The van der Waals surface area contributed by atoms with Gasteiger partial charge in [-0.25, -0.2) is 15.2 Å². The molecule has 0 bridgehead atoms. The van der Waals surface area contributed by atoms with Gasteiger partial charge in [0.15, 0.2) is 0 Å². The van der Waals surface area contributed by atoms with Crippen LogP contribution in [0.4, 0.5) is 4.79 Å². The van der Waals surface area contributed by atoms with Gasteiger partial charge in [-0.1, -0.05) is 23.7 Å². The molecule has 0 atom stereocenters. The van der Waals surface area contributed by atoms with Crippen molar-refractivity contribution in [1.29, 1.82) is 0 Å². The summed E-state index contributed by atoms with van der Waals surface area (Å²) in [5.41, 5.74) is 3.55. The number of amides is 1. The maximum absolute atomic E-state index is 11.9. The summed E-state index contributed by atoms with van der Waals surface area (Å²) in [6.07, 6.45) is -0.378. The lowest BCUT2D eigenvalue weighted by atomic mass is 10.2. The first kappa shape index (κ1) is 15.8. The van der Waals surface area contributed by atoms with Crippen molar-refractivity contribution >= 4 is 17.7 Å². The Balaban J connectivity index is 2.55. The lowest BCUT2D eigenvalue weighted by molar-refractivity contribution is 0.0144. The first-order valence-corrected chi connectivity index (χ1v) is 6.68. The van der Waals surface area contributed by atoms with Crippen molar-refractivity contribution in [3.63, 3.8) is 0 Å². The van der Waals surface area contributed by atoms with E-state index in [0.29, 0.717) is 18.1 Å². The average molecular weight is 285 g/mol. The second-order valence-electron chi connectivity index (χ2n) is 5.19. The molecule has 1 rings (SSSR count). The molecule has 1 N–H and O–H groups in total. The normalized spacial score (nSPS) is 11.2. The van der Waals surface area contributed by atoms with Gasteiger partial charge in [-0.05, 0) is 45.4 Å². The van der Waals surface area contributed by atoms with Gasteiger partial charge in [0.25, 0.3) is 0 Å². The molecule has 0 aliphatic carbocycles. The Labute approximate surface area is 119 Å². The molecular weight excluding hydrogens is 264 g/mol. The van der Waals surface area contributed by atoms with Crippen LogP contribution in [0.15, 0.2) is 24.3 Å². The highest BCUT2D eigenvalue weighted by Gasteiger charge is 2.20.